The summed E-state index contributed by atoms with van der Waals surface area (Å²) in [5.41, 5.74) is 0.550. The summed E-state index contributed by atoms with van der Waals surface area (Å²) in [6, 6.07) is 14.0. The van der Waals surface area contributed by atoms with Crippen molar-refractivity contribution < 1.29 is 9.59 Å². The molecular formula is C21H24N4O2S. The highest BCUT2D eigenvalue weighted by molar-refractivity contribution is 8.04. The molecule has 28 heavy (non-hydrogen) atoms. The molecule has 0 aromatic heterocycles. The molecule has 3 atom stereocenters. The van der Waals surface area contributed by atoms with Crippen LogP contribution in [-0.2, 0) is 9.59 Å². The fourth-order valence-corrected chi connectivity index (χ4v) is 4.17. The minimum Gasteiger partial charge on any atom is -0.355 e. The summed E-state index contributed by atoms with van der Waals surface area (Å²) in [6.07, 6.45) is 0. The lowest BCUT2D eigenvalue weighted by Gasteiger charge is -2.35. The minimum atomic E-state index is -0.942. The van der Waals surface area contributed by atoms with Crippen LogP contribution < -0.4 is 10.6 Å². The van der Waals surface area contributed by atoms with Crippen LogP contribution in [0.2, 0.25) is 0 Å². The van der Waals surface area contributed by atoms with Crippen LogP contribution in [-0.4, -0.2) is 23.6 Å². The van der Waals surface area contributed by atoms with Gasteiger partial charge in [-0.25, -0.2) is 0 Å². The smallest absolute Gasteiger partial charge is 0.243 e. The third kappa shape index (κ3) is 4.55. The Hall–Kier alpha value is -2.77. The molecular weight excluding hydrogens is 372 g/mol. The van der Waals surface area contributed by atoms with E-state index in [9.17, 15) is 20.1 Å². The fourth-order valence-electron chi connectivity index (χ4n) is 3.04. The van der Waals surface area contributed by atoms with Gasteiger partial charge in [-0.05, 0) is 18.4 Å². The summed E-state index contributed by atoms with van der Waals surface area (Å²) < 4.78 is 0. The van der Waals surface area contributed by atoms with Crippen LogP contribution in [0.1, 0.15) is 39.2 Å². The van der Waals surface area contributed by atoms with E-state index in [0.717, 1.165) is 17.3 Å². The van der Waals surface area contributed by atoms with Crippen molar-refractivity contribution in [2.24, 2.45) is 11.3 Å². The number of hydrogen-bond acceptors (Lipinski definition) is 5. The first-order valence-electron chi connectivity index (χ1n) is 9.07. The highest BCUT2D eigenvalue weighted by atomic mass is 32.2. The summed E-state index contributed by atoms with van der Waals surface area (Å²) >= 11 is 1.13. The van der Waals surface area contributed by atoms with Crippen LogP contribution in [0.25, 0.3) is 0 Å². The van der Waals surface area contributed by atoms with Gasteiger partial charge in [0, 0.05) is 12.0 Å². The monoisotopic (exact) mass is 396 g/mol. The number of amides is 2. The van der Waals surface area contributed by atoms with E-state index in [2.05, 4.69) is 16.7 Å². The first-order valence-corrected chi connectivity index (χ1v) is 9.95. The zero-order valence-electron chi connectivity index (χ0n) is 16.4. The molecule has 0 radical (unpaired) electrons. The molecule has 0 fully saturated rings. The van der Waals surface area contributed by atoms with Crippen molar-refractivity contribution in [2.45, 2.75) is 38.9 Å². The lowest BCUT2D eigenvalue weighted by molar-refractivity contribution is -0.125. The number of allylic oxidation sites excluding steroid dienone is 1. The van der Waals surface area contributed by atoms with Crippen molar-refractivity contribution in [3.63, 3.8) is 0 Å². The van der Waals surface area contributed by atoms with Crippen molar-refractivity contribution in [1.82, 2.24) is 10.6 Å². The predicted molar refractivity (Wildman–Crippen MR) is 109 cm³/mol. The number of nitrogens with zero attached hydrogens (tertiary/aromatic N) is 2. The van der Waals surface area contributed by atoms with Crippen LogP contribution in [0, 0.1) is 34.0 Å². The highest BCUT2D eigenvalue weighted by Gasteiger charge is 2.45. The van der Waals surface area contributed by atoms with Gasteiger partial charge in [0.2, 0.25) is 11.8 Å². The summed E-state index contributed by atoms with van der Waals surface area (Å²) in [6.45, 7) is 7.66. The second kappa shape index (κ2) is 8.95. The summed E-state index contributed by atoms with van der Waals surface area (Å²) in [4.78, 5) is 24.8. The Morgan fingerprint density at radius 1 is 1.29 bits per heavy atom. The largest absolute Gasteiger partial charge is 0.355 e. The Kier molecular flexibility index (Phi) is 6.88. The Labute approximate surface area is 170 Å². The first-order chi connectivity index (χ1) is 13.2. The number of nitrogens with one attached hydrogen (secondary N) is 2. The number of nitriles is 2. The van der Waals surface area contributed by atoms with Crippen molar-refractivity contribution in [3.05, 3.63) is 46.5 Å². The van der Waals surface area contributed by atoms with Gasteiger partial charge in [0.1, 0.15) is 5.92 Å². The van der Waals surface area contributed by atoms with E-state index in [1.54, 1.807) is 20.8 Å². The highest BCUT2D eigenvalue weighted by Crippen LogP contribution is 2.42. The molecule has 1 aliphatic rings. The lowest BCUT2D eigenvalue weighted by Crippen LogP contribution is -2.45. The second-order valence-electron chi connectivity index (χ2n) is 7.41. The number of rotatable bonds is 6. The molecule has 2 amide bonds. The lowest BCUT2D eigenvalue weighted by atomic mass is 9.72. The van der Waals surface area contributed by atoms with Crippen LogP contribution >= 0.6 is 11.8 Å². The molecule has 0 saturated carbocycles. The van der Waals surface area contributed by atoms with Crippen molar-refractivity contribution >= 4 is 23.6 Å². The van der Waals surface area contributed by atoms with Crippen molar-refractivity contribution in [2.75, 3.05) is 6.54 Å². The third-order valence-electron chi connectivity index (χ3n) is 4.95. The predicted octanol–water partition coefficient (Wildman–Crippen LogP) is 3.06. The van der Waals surface area contributed by atoms with Gasteiger partial charge in [-0.3, -0.25) is 9.59 Å². The molecule has 146 valence electrons. The van der Waals surface area contributed by atoms with E-state index in [1.807, 2.05) is 43.3 Å². The van der Waals surface area contributed by atoms with Gasteiger partial charge in [0.15, 0.2) is 0 Å². The van der Waals surface area contributed by atoms with Gasteiger partial charge in [-0.2, -0.15) is 10.5 Å². The summed E-state index contributed by atoms with van der Waals surface area (Å²) in [5.74, 6) is -1.39. The molecule has 6 nitrogen and oxygen atoms in total. The molecule has 0 unspecified atom stereocenters. The zero-order valence-corrected chi connectivity index (χ0v) is 17.3. The minimum absolute atomic E-state index is 0.168. The van der Waals surface area contributed by atoms with Gasteiger partial charge in [-0.1, -0.05) is 62.9 Å². The molecule has 1 heterocycles. The Bertz CT molecular complexity index is 865. The van der Waals surface area contributed by atoms with E-state index in [-0.39, 0.29) is 11.8 Å². The summed E-state index contributed by atoms with van der Waals surface area (Å²) in [5, 5.41) is 24.2. The normalized spacial score (nSPS) is 20.4. The third-order valence-corrected chi connectivity index (χ3v) is 6.06. The first kappa shape index (κ1) is 21.5. The molecule has 0 bridgehead atoms. The summed E-state index contributed by atoms with van der Waals surface area (Å²) in [7, 11) is 0. The Morgan fingerprint density at radius 3 is 2.50 bits per heavy atom. The molecule has 0 saturated heterocycles. The molecule has 2 rings (SSSR count). The molecule has 1 aromatic rings. The van der Waals surface area contributed by atoms with Crippen LogP contribution in [0.15, 0.2) is 40.9 Å². The van der Waals surface area contributed by atoms with E-state index in [0.29, 0.717) is 17.1 Å². The van der Waals surface area contributed by atoms with Crippen LogP contribution in [0.5, 0.6) is 0 Å². The molecule has 2 N–H and O–H groups in total. The topological polar surface area (TPSA) is 106 Å². The molecule has 7 heteroatoms. The van der Waals surface area contributed by atoms with Crippen molar-refractivity contribution in [3.8, 4) is 12.1 Å². The van der Waals surface area contributed by atoms with Gasteiger partial charge < -0.3 is 10.6 Å². The van der Waals surface area contributed by atoms with E-state index < -0.39 is 22.5 Å². The number of carbonyl (C=O) groups excluding carboxylic acids is 2. The molecule has 1 aromatic carbocycles. The quantitative estimate of drug-likeness (QED) is 0.769. The van der Waals surface area contributed by atoms with Gasteiger partial charge >= 0.3 is 0 Å². The fraction of sp³-hybridized carbons (Fsp3) is 0.429. The van der Waals surface area contributed by atoms with E-state index >= 15 is 0 Å². The zero-order chi connectivity index (χ0) is 20.9. The Balaban J connectivity index is 2.06. The van der Waals surface area contributed by atoms with E-state index in [4.69, 9.17) is 0 Å². The van der Waals surface area contributed by atoms with E-state index in [1.165, 1.54) is 0 Å². The van der Waals surface area contributed by atoms with Crippen LogP contribution in [0.3, 0.4) is 0 Å². The van der Waals surface area contributed by atoms with Gasteiger partial charge in [0.05, 0.1) is 28.0 Å². The number of carbonyl (C=O) groups is 2. The average molecular weight is 397 g/mol. The maximum absolute atomic E-state index is 12.5. The van der Waals surface area contributed by atoms with Gasteiger partial charge in [0.25, 0.3) is 0 Å². The number of thioether (sulfide) groups is 1. The number of hydrogen-bond donors (Lipinski definition) is 2. The second-order valence-corrected chi connectivity index (χ2v) is 8.76. The molecule has 0 aliphatic carbocycles. The maximum atomic E-state index is 12.5. The number of benzene rings is 1. The van der Waals surface area contributed by atoms with Gasteiger partial charge in [-0.15, -0.1) is 0 Å². The maximum Gasteiger partial charge on any atom is 0.243 e. The standard InChI is InChI=1S/C21H24N4O2S/c1-13(15-8-6-5-7-9-15)12-24-18(26)14(2)28-20-17(11-23)21(3,4)16(10-22)19(27)25-20/h5-9,13-14,16H,12H2,1-4H3,(H,24,26)(H,25,27)/t13-,14+,16+/m1/s1. The Morgan fingerprint density at radius 2 is 1.93 bits per heavy atom. The van der Waals surface area contributed by atoms with Crippen LogP contribution in [0.4, 0.5) is 0 Å². The SMILES string of the molecule is C[C@H](SC1=C(C#N)C(C)(C)[C@@H](C#N)C(=O)N1)C(=O)NC[C@@H](C)c1ccccc1. The van der Waals surface area contributed by atoms with Crippen molar-refractivity contribution in [1.29, 1.82) is 10.5 Å². The molecule has 1 aliphatic heterocycles. The average Bonchev–Trinajstić information content (AvgIpc) is 2.66. The molecule has 0 spiro atoms.